The number of nitrogens with two attached hydrogens (primary N) is 1. The summed E-state index contributed by atoms with van der Waals surface area (Å²) in [7, 11) is -4.34. The molecule has 0 aromatic carbocycles. The lowest BCUT2D eigenvalue weighted by Crippen LogP contribution is -2.45. The number of phosphoric ester groups is 1. The van der Waals surface area contributed by atoms with Crippen LogP contribution in [0.25, 0.3) is 0 Å². The molecule has 0 rings (SSSR count). The Morgan fingerprint density at radius 1 is 0.727 bits per heavy atom. The molecule has 0 saturated carbocycles. The Morgan fingerprint density at radius 2 is 1.23 bits per heavy atom. The second kappa shape index (κ2) is 31.7. The number of rotatable bonds is 32. The van der Waals surface area contributed by atoms with Crippen LogP contribution in [0.1, 0.15) is 149 Å². The maximum atomic E-state index is 12.6. The van der Waals surface area contributed by atoms with Gasteiger partial charge in [0.2, 0.25) is 5.91 Å². The van der Waals surface area contributed by atoms with E-state index in [0.29, 0.717) is 6.42 Å². The lowest BCUT2D eigenvalue weighted by Gasteiger charge is -2.23. The highest BCUT2D eigenvalue weighted by molar-refractivity contribution is 7.47. The third-order valence-corrected chi connectivity index (χ3v) is 8.42. The molecule has 0 radical (unpaired) electrons. The fraction of sp³-hybridized carbons (Fsp3) is 0.800. The van der Waals surface area contributed by atoms with Gasteiger partial charge < -0.3 is 21.1 Å². The van der Waals surface area contributed by atoms with Gasteiger partial charge >= 0.3 is 7.82 Å². The number of phosphoric acid groups is 1. The molecule has 0 aliphatic heterocycles. The van der Waals surface area contributed by atoms with E-state index in [1.54, 1.807) is 6.08 Å². The summed E-state index contributed by atoms with van der Waals surface area (Å²) in [6.07, 6.45) is 34.8. The van der Waals surface area contributed by atoms with Crippen LogP contribution in [0, 0.1) is 0 Å². The molecule has 3 atom stereocenters. The molecule has 5 N–H and O–H groups in total. The van der Waals surface area contributed by atoms with Gasteiger partial charge in [-0.25, -0.2) is 4.57 Å². The molecule has 8 nitrogen and oxygen atoms in total. The van der Waals surface area contributed by atoms with Crippen molar-refractivity contribution in [3.8, 4) is 0 Å². The van der Waals surface area contributed by atoms with E-state index in [1.165, 1.54) is 64.2 Å². The average molecular weight is 643 g/mol. The monoisotopic (exact) mass is 642 g/mol. The van der Waals surface area contributed by atoms with Crippen LogP contribution in [0.15, 0.2) is 36.5 Å². The van der Waals surface area contributed by atoms with E-state index in [0.717, 1.165) is 64.2 Å². The van der Waals surface area contributed by atoms with E-state index in [2.05, 4.69) is 43.5 Å². The molecular weight excluding hydrogens is 575 g/mol. The SMILES string of the molecule is CCCC/C=C\CCCCCCCC(=O)NC(COP(=O)(O)OCCN)C(O)/C=C/CC/C=C/CCCCCCCCCC. The molecule has 9 heteroatoms. The number of amides is 1. The highest BCUT2D eigenvalue weighted by Crippen LogP contribution is 2.43. The number of hydrogen-bond donors (Lipinski definition) is 4. The zero-order chi connectivity index (χ0) is 32.6. The quantitative estimate of drug-likeness (QED) is 0.0328. The first-order valence-electron chi connectivity index (χ1n) is 17.6. The molecule has 0 aromatic rings. The second-order valence-corrected chi connectivity index (χ2v) is 13.2. The minimum Gasteiger partial charge on any atom is -0.387 e. The van der Waals surface area contributed by atoms with Crippen LogP contribution in [0.4, 0.5) is 0 Å². The van der Waals surface area contributed by atoms with Crippen molar-refractivity contribution in [1.29, 1.82) is 0 Å². The van der Waals surface area contributed by atoms with Gasteiger partial charge in [-0.1, -0.05) is 127 Å². The van der Waals surface area contributed by atoms with Crippen LogP contribution < -0.4 is 11.1 Å². The number of aliphatic hydroxyl groups excluding tert-OH is 1. The van der Waals surface area contributed by atoms with Gasteiger partial charge in [-0.3, -0.25) is 13.8 Å². The Labute approximate surface area is 269 Å². The van der Waals surface area contributed by atoms with Crippen LogP contribution in [-0.2, 0) is 18.4 Å². The standard InChI is InChI=1S/C35H67N2O6P/c1-3-5-7-9-11-13-15-16-17-19-20-22-24-26-28-34(38)33(32-43-44(40,41)42-31-30-36)37-35(39)29-27-25-23-21-18-14-12-10-8-6-4-2/h10,12,19-20,26,28,33-34,38H,3-9,11,13-18,21-25,27,29-32,36H2,1-2H3,(H,37,39)(H,40,41)/b12-10-,20-19+,28-26+. The zero-order valence-corrected chi connectivity index (χ0v) is 29.0. The molecule has 0 heterocycles. The average Bonchev–Trinajstić information content (AvgIpc) is 3.01. The summed E-state index contributed by atoms with van der Waals surface area (Å²) < 4.78 is 21.9. The second-order valence-electron chi connectivity index (χ2n) is 11.7. The highest BCUT2D eigenvalue weighted by Gasteiger charge is 2.26. The van der Waals surface area contributed by atoms with Crippen molar-refractivity contribution in [2.75, 3.05) is 19.8 Å². The Hall–Kier alpha value is -1.28. The number of unbranched alkanes of at least 4 members (excludes halogenated alkanes) is 16. The number of aliphatic hydroxyl groups is 1. The summed E-state index contributed by atoms with van der Waals surface area (Å²) in [5.74, 6) is -0.218. The van der Waals surface area contributed by atoms with Gasteiger partial charge in [-0.15, -0.1) is 0 Å². The number of allylic oxidation sites excluding steroid dienone is 5. The predicted molar refractivity (Wildman–Crippen MR) is 184 cm³/mol. The normalized spacial score (nSPS) is 14.9. The summed E-state index contributed by atoms with van der Waals surface area (Å²) in [5, 5.41) is 13.5. The summed E-state index contributed by atoms with van der Waals surface area (Å²) in [5.41, 5.74) is 5.34. The van der Waals surface area contributed by atoms with Crippen LogP contribution in [-0.4, -0.2) is 47.8 Å². The van der Waals surface area contributed by atoms with E-state index < -0.39 is 20.0 Å². The van der Waals surface area contributed by atoms with E-state index in [1.807, 2.05) is 6.08 Å². The van der Waals surface area contributed by atoms with Crippen LogP contribution in [0.3, 0.4) is 0 Å². The van der Waals surface area contributed by atoms with Gasteiger partial charge in [-0.05, 0) is 51.4 Å². The van der Waals surface area contributed by atoms with E-state index in [4.69, 9.17) is 14.8 Å². The van der Waals surface area contributed by atoms with Crippen molar-refractivity contribution in [1.82, 2.24) is 5.32 Å². The first kappa shape index (κ1) is 42.7. The summed E-state index contributed by atoms with van der Waals surface area (Å²) in [6.45, 7) is 4.03. The van der Waals surface area contributed by atoms with Gasteiger partial charge in [0.15, 0.2) is 0 Å². The summed E-state index contributed by atoms with van der Waals surface area (Å²) in [6, 6.07) is -0.877. The first-order valence-corrected chi connectivity index (χ1v) is 19.1. The van der Waals surface area contributed by atoms with E-state index in [-0.39, 0.29) is 25.7 Å². The van der Waals surface area contributed by atoms with Crippen LogP contribution in [0.2, 0.25) is 0 Å². The molecule has 0 bridgehead atoms. The molecule has 0 saturated heterocycles. The van der Waals surface area contributed by atoms with Gasteiger partial charge in [0.1, 0.15) is 0 Å². The van der Waals surface area contributed by atoms with Crippen molar-refractivity contribution in [3.05, 3.63) is 36.5 Å². The largest absolute Gasteiger partial charge is 0.472 e. The number of carbonyl (C=O) groups is 1. The molecule has 258 valence electrons. The number of carbonyl (C=O) groups excluding carboxylic acids is 1. The molecule has 0 aliphatic carbocycles. The lowest BCUT2D eigenvalue weighted by atomic mass is 10.1. The smallest absolute Gasteiger partial charge is 0.387 e. The Balaban J connectivity index is 4.45. The Bertz CT molecular complexity index is 789. The summed E-state index contributed by atoms with van der Waals surface area (Å²) in [4.78, 5) is 22.5. The maximum Gasteiger partial charge on any atom is 0.472 e. The molecule has 0 fully saturated rings. The lowest BCUT2D eigenvalue weighted by molar-refractivity contribution is -0.123. The van der Waals surface area contributed by atoms with Crippen molar-refractivity contribution >= 4 is 13.7 Å². The van der Waals surface area contributed by atoms with Gasteiger partial charge in [0, 0.05) is 13.0 Å². The topological polar surface area (TPSA) is 131 Å². The maximum absolute atomic E-state index is 12.6. The van der Waals surface area contributed by atoms with Crippen molar-refractivity contribution in [2.24, 2.45) is 5.73 Å². The molecule has 1 amide bonds. The Kier molecular flexibility index (Phi) is 30.8. The molecule has 0 aromatic heterocycles. The van der Waals surface area contributed by atoms with Crippen molar-refractivity contribution in [2.45, 2.75) is 161 Å². The van der Waals surface area contributed by atoms with Gasteiger partial charge in [-0.2, -0.15) is 0 Å². The predicted octanol–water partition coefficient (Wildman–Crippen LogP) is 8.82. The molecule has 44 heavy (non-hydrogen) atoms. The van der Waals surface area contributed by atoms with Gasteiger partial charge in [0.05, 0.1) is 25.4 Å². The minimum absolute atomic E-state index is 0.0721. The molecule has 0 spiro atoms. The number of nitrogens with one attached hydrogen (secondary N) is 1. The Morgan fingerprint density at radius 3 is 1.82 bits per heavy atom. The van der Waals surface area contributed by atoms with E-state index in [9.17, 15) is 19.4 Å². The van der Waals surface area contributed by atoms with E-state index >= 15 is 0 Å². The van der Waals surface area contributed by atoms with Crippen molar-refractivity contribution in [3.63, 3.8) is 0 Å². The van der Waals surface area contributed by atoms with Crippen LogP contribution >= 0.6 is 7.82 Å². The third kappa shape index (κ3) is 29.4. The zero-order valence-electron chi connectivity index (χ0n) is 28.1. The minimum atomic E-state index is -4.34. The van der Waals surface area contributed by atoms with Crippen molar-refractivity contribution < 1.29 is 28.4 Å². The fourth-order valence-electron chi connectivity index (χ4n) is 4.71. The first-order chi connectivity index (χ1) is 21.4. The molecule has 3 unspecified atom stereocenters. The summed E-state index contributed by atoms with van der Waals surface area (Å²) >= 11 is 0. The number of hydrogen-bond acceptors (Lipinski definition) is 6. The molecular formula is C35H67N2O6P. The highest BCUT2D eigenvalue weighted by atomic mass is 31.2. The molecule has 0 aliphatic rings. The van der Waals surface area contributed by atoms with Gasteiger partial charge in [0.25, 0.3) is 0 Å². The third-order valence-electron chi connectivity index (χ3n) is 7.44. The fourth-order valence-corrected chi connectivity index (χ4v) is 5.47. The van der Waals surface area contributed by atoms with Crippen LogP contribution in [0.5, 0.6) is 0 Å².